The average molecular weight is 243 g/mol. The van der Waals surface area contributed by atoms with E-state index in [1.54, 1.807) is 19.1 Å². The number of nitrogens with one attached hydrogen (secondary N) is 1. The molecule has 0 bridgehead atoms. The smallest absolute Gasteiger partial charge is 0.293 e. The maximum Gasteiger partial charge on any atom is 0.293 e. The first-order chi connectivity index (χ1) is 7.33. The molecule has 0 radical (unpaired) electrons. The molecule has 0 heterocycles. The topological polar surface area (TPSA) is 83.5 Å². The van der Waals surface area contributed by atoms with Crippen molar-refractivity contribution in [1.29, 1.82) is 0 Å². The second-order valence-corrected chi connectivity index (χ2v) is 5.12. The molecule has 5 nitrogen and oxygen atoms in total. The Bertz CT molecular complexity index is 463. The van der Waals surface area contributed by atoms with E-state index < -0.39 is 26.8 Å². The van der Waals surface area contributed by atoms with Crippen molar-refractivity contribution in [1.82, 2.24) is 5.32 Å². The zero-order valence-corrected chi connectivity index (χ0v) is 9.57. The summed E-state index contributed by atoms with van der Waals surface area (Å²) in [5, 5.41) is 2.24. The Balaban J connectivity index is 3.24. The molecular weight excluding hydrogens is 230 g/mol. The van der Waals surface area contributed by atoms with E-state index in [4.69, 9.17) is 0 Å². The van der Waals surface area contributed by atoms with Gasteiger partial charge in [0.1, 0.15) is 0 Å². The Morgan fingerprint density at radius 1 is 1.56 bits per heavy atom. The molecule has 0 spiro atoms. The summed E-state index contributed by atoms with van der Waals surface area (Å²) in [6.07, 6.45) is 6.88. The highest BCUT2D eigenvalue weighted by atomic mass is 32.2. The lowest BCUT2D eigenvalue weighted by Crippen LogP contribution is -2.56. The molecule has 88 valence electrons. The van der Waals surface area contributed by atoms with Gasteiger partial charge in [0.15, 0.2) is 4.87 Å². The monoisotopic (exact) mass is 243 g/mol. The molecule has 1 aliphatic carbocycles. The molecule has 2 atom stereocenters. The molecule has 0 saturated heterocycles. The molecule has 16 heavy (non-hydrogen) atoms. The number of hydrogen-bond acceptors (Lipinski definition) is 3. The highest BCUT2D eigenvalue weighted by Crippen LogP contribution is 2.29. The molecule has 0 aliphatic heterocycles. The van der Waals surface area contributed by atoms with Crippen LogP contribution in [-0.4, -0.2) is 23.7 Å². The van der Waals surface area contributed by atoms with Crippen LogP contribution < -0.4 is 5.32 Å². The van der Waals surface area contributed by atoms with Gasteiger partial charge in [0.25, 0.3) is 10.1 Å². The lowest BCUT2D eigenvalue weighted by molar-refractivity contribution is -0.117. The first kappa shape index (κ1) is 12.7. The summed E-state index contributed by atoms with van der Waals surface area (Å²) < 4.78 is 32.0. The molecule has 0 aromatic rings. The summed E-state index contributed by atoms with van der Waals surface area (Å²) >= 11 is 0. The summed E-state index contributed by atoms with van der Waals surface area (Å²) in [7, 11) is -4.46. The fourth-order valence-corrected chi connectivity index (χ4v) is 2.54. The van der Waals surface area contributed by atoms with E-state index >= 15 is 0 Å². The lowest BCUT2D eigenvalue weighted by Gasteiger charge is -2.33. The van der Waals surface area contributed by atoms with E-state index in [2.05, 4.69) is 11.9 Å². The normalized spacial score (nSPS) is 28.8. The van der Waals surface area contributed by atoms with E-state index in [0.29, 0.717) is 0 Å². The van der Waals surface area contributed by atoms with Crippen LogP contribution in [0.15, 0.2) is 37.0 Å². The Morgan fingerprint density at radius 3 is 2.62 bits per heavy atom. The van der Waals surface area contributed by atoms with Crippen LogP contribution in [-0.2, 0) is 14.9 Å². The first-order valence-electron chi connectivity index (χ1n) is 4.61. The van der Waals surface area contributed by atoms with Gasteiger partial charge in [-0.2, -0.15) is 8.42 Å². The standard InChI is InChI=1S/C10H13NO4S/c1-3-9(12)11-10(16(13,14)15)7-5-4-6-8(10)2/h3-8H,1H2,2H3,(H,11,12)(H,13,14,15). The maximum atomic E-state index is 11.4. The summed E-state index contributed by atoms with van der Waals surface area (Å²) in [5.74, 6) is -1.24. The van der Waals surface area contributed by atoms with Gasteiger partial charge in [-0.15, -0.1) is 0 Å². The molecule has 0 fully saturated rings. The quantitative estimate of drug-likeness (QED) is 0.562. The average Bonchev–Trinajstić information content (AvgIpc) is 2.19. The third kappa shape index (κ3) is 2.07. The third-order valence-electron chi connectivity index (χ3n) is 2.46. The van der Waals surface area contributed by atoms with E-state index in [0.717, 1.165) is 6.08 Å². The lowest BCUT2D eigenvalue weighted by atomic mass is 9.96. The van der Waals surface area contributed by atoms with Crippen LogP contribution in [0.2, 0.25) is 0 Å². The van der Waals surface area contributed by atoms with Crippen LogP contribution in [0, 0.1) is 5.92 Å². The fraction of sp³-hybridized carbons (Fsp3) is 0.300. The summed E-state index contributed by atoms with van der Waals surface area (Å²) in [6.45, 7) is 4.81. The van der Waals surface area contributed by atoms with Crippen molar-refractivity contribution in [3.63, 3.8) is 0 Å². The fourth-order valence-electron chi connectivity index (χ4n) is 1.51. The third-order valence-corrected chi connectivity index (χ3v) is 3.93. The van der Waals surface area contributed by atoms with Crippen molar-refractivity contribution < 1.29 is 17.8 Å². The van der Waals surface area contributed by atoms with Gasteiger partial charge in [-0.25, -0.2) is 0 Å². The van der Waals surface area contributed by atoms with E-state index in [-0.39, 0.29) is 0 Å². The second kappa shape index (κ2) is 4.23. The molecule has 0 aromatic carbocycles. The highest BCUT2D eigenvalue weighted by molar-refractivity contribution is 7.87. The zero-order chi connectivity index (χ0) is 12.4. The van der Waals surface area contributed by atoms with Crippen molar-refractivity contribution in [3.05, 3.63) is 37.0 Å². The molecule has 1 aliphatic rings. The molecule has 0 saturated carbocycles. The number of hydrogen-bond donors (Lipinski definition) is 2. The van der Waals surface area contributed by atoms with Gasteiger partial charge in [-0.3, -0.25) is 9.35 Å². The Hall–Kier alpha value is -1.40. The maximum absolute atomic E-state index is 11.4. The van der Waals surface area contributed by atoms with E-state index in [1.807, 2.05) is 0 Å². The summed E-state index contributed by atoms with van der Waals surface area (Å²) in [4.78, 5) is 9.40. The van der Waals surface area contributed by atoms with Gasteiger partial charge in [0, 0.05) is 5.92 Å². The SMILES string of the molecule is C=CC(=O)NC1(S(=O)(=O)O)C=CC=CC1C. The van der Waals surface area contributed by atoms with Crippen LogP contribution in [0.4, 0.5) is 0 Å². The molecule has 0 aromatic heterocycles. The summed E-state index contributed by atoms with van der Waals surface area (Å²) in [6, 6.07) is 0. The Kier molecular flexibility index (Phi) is 3.35. The zero-order valence-electron chi connectivity index (χ0n) is 8.75. The molecule has 1 amide bonds. The summed E-state index contributed by atoms with van der Waals surface area (Å²) in [5.41, 5.74) is 0. The van der Waals surface area contributed by atoms with Gasteiger partial charge in [0.2, 0.25) is 5.91 Å². The van der Waals surface area contributed by atoms with Gasteiger partial charge in [-0.1, -0.05) is 31.7 Å². The molecular formula is C10H13NO4S. The van der Waals surface area contributed by atoms with Crippen molar-refractivity contribution in [2.24, 2.45) is 5.92 Å². The van der Waals surface area contributed by atoms with E-state index in [1.165, 1.54) is 12.2 Å². The second-order valence-electron chi connectivity index (χ2n) is 3.49. The van der Waals surface area contributed by atoms with Gasteiger partial charge >= 0.3 is 0 Å². The number of carbonyl (C=O) groups excluding carboxylic acids is 1. The minimum Gasteiger partial charge on any atom is -0.328 e. The number of allylic oxidation sites excluding steroid dienone is 2. The number of rotatable bonds is 3. The minimum absolute atomic E-state index is 0.573. The van der Waals surface area contributed by atoms with Crippen LogP contribution in [0.1, 0.15) is 6.92 Å². The Morgan fingerprint density at radius 2 is 2.19 bits per heavy atom. The van der Waals surface area contributed by atoms with E-state index in [9.17, 15) is 17.8 Å². The predicted octanol–water partition coefficient (Wildman–Crippen LogP) is 0.635. The number of amides is 1. The first-order valence-corrected chi connectivity index (χ1v) is 6.05. The van der Waals surface area contributed by atoms with Gasteiger partial charge in [0.05, 0.1) is 0 Å². The van der Waals surface area contributed by atoms with Crippen molar-refractivity contribution in [2.75, 3.05) is 0 Å². The Labute approximate surface area is 94.3 Å². The van der Waals surface area contributed by atoms with Crippen LogP contribution >= 0.6 is 0 Å². The van der Waals surface area contributed by atoms with Gasteiger partial charge in [-0.05, 0) is 12.2 Å². The highest BCUT2D eigenvalue weighted by Gasteiger charge is 2.46. The molecule has 2 N–H and O–H groups in total. The molecule has 6 heteroatoms. The molecule has 1 rings (SSSR count). The van der Waals surface area contributed by atoms with Crippen LogP contribution in [0.5, 0.6) is 0 Å². The van der Waals surface area contributed by atoms with Gasteiger partial charge < -0.3 is 5.32 Å². The van der Waals surface area contributed by atoms with Crippen molar-refractivity contribution >= 4 is 16.0 Å². The molecule has 2 unspecified atom stereocenters. The number of carbonyl (C=O) groups is 1. The van der Waals surface area contributed by atoms with Crippen LogP contribution in [0.3, 0.4) is 0 Å². The van der Waals surface area contributed by atoms with Crippen molar-refractivity contribution in [3.8, 4) is 0 Å². The predicted molar refractivity (Wildman–Crippen MR) is 60.1 cm³/mol. The largest absolute Gasteiger partial charge is 0.328 e. The van der Waals surface area contributed by atoms with Crippen molar-refractivity contribution in [2.45, 2.75) is 11.8 Å². The van der Waals surface area contributed by atoms with Crippen LogP contribution in [0.25, 0.3) is 0 Å². The minimum atomic E-state index is -4.46.